The lowest BCUT2D eigenvalue weighted by Gasteiger charge is -2.42. The van der Waals surface area contributed by atoms with E-state index in [1.807, 2.05) is 11.4 Å². The van der Waals surface area contributed by atoms with Gasteiger partial charge in [0, 0.05) is 28.8 Å². The summed E-state index contributed by atoms with van der Waals surface area (Å²) in [5.41, 5.74) is 1.79. The lowest BCUT2D eigenvalue weighted by atomic mass is 9.72. The number of rotatable bonds is 8. The number of fused-ring (bicyclic) bond motifs is 2. The predicted octanol–water partition coefficient (Wildman–Crippen LogP) is 5.67. The van der Waals surface area contributed by atoms with E-state index in [0.29, 0.717) is 50.4 Å². The number of aliphatic hydroxyl groups is 3. The zero-order valence-corrected chi connectivity index (χ0v) is 22.8. The number of benzene rings is 1. The molecule has 3 aliphatic carbocycles. The van der Waals surface area contributed by atoms with Gasteiger partial charge in [-0.1, -0.05) is 41.3 Å². The minimum absolute atomic E-state index is 0.0113. The first-order chi connectivity index (χ1) is 17.8. The van der Waals surface area contributed by atoms with Crippen LogP contribution >= 0.6 is 34.5 Å². The van der Waals surface area contributed by atoms with Crippen molar-refractivity contribution in [3.8, 4) is 11.3 Å². The van der Waals surface area contributed by atoms with E-state index in [1.165, 1.54) is 11.3 Å². The van der Waals surface area contributed by atoms with Crippen LogP contribution in [-0.2, 0) is 23.4 Å². The topological polar surface area (TPSA) is 109 Å². The van der Waals surface area contributed by atoms with Crippen molar-refractivity contribution in [3.63, 3.8) is 0 Å². The molecule has 2 bridgehead atoms. The zero-order valence-electron chi connectivity index (χ0n) is 20.4. The maximum atomic E-state index is 11.9. The average molecular weight is 566 g/mol. The number of nitrogens with zero attached hydrogens (tertiary/aromatic N) is 2. The highest BCUT2D eigenvalue weighted by molar-refractivity contribution is 7.09. The van der Waals surface area contributed by atoms with Crippen LogP contribution in [0.25, 0.3) is 11.3 Å². The normalized spacial score (nSPS) is 29.4. The third-order valence-corrected chi connectivity index (χ3v) is 9.97. The SMILES string of the molecule is C[C@H]1C[C@@H]2C[C@@H](OCc3c(-c4c(Cl)cccc4Cl)noc3C3CC3)C[C@H]1[C@]2(O)c1nc(CC(O)O)cs1. The monoisotopic (exact) mass is 564 g/mol. The Morgan fingerprint density at radius 2 is 1.95 bits per heavy atom. The van der Waals surface area contributed by atoms with Crippen LogP contribution in [0.1, 0.15) is 67.0 Å². The van der Waals surface area contributed by atoms with Crippen molar-refractivity contribution >= 4 is 34.5 Å². The highest BCUT2D eigenvalue weighted by Gasteiger charge is 2.59. The number of hydrogen-bond acceptors (Lipinski definition) is 8. The molecule has 5 atom stereocenters. The first-order valence-corrected chi connectivity index (χ1v) is 14.5. The van der Waals surface area contributed by atoms with E-state index in [4.69, 9.17) is 32.5 Å². The molecule has 198 valence electrons. The second kappa shape index (κ2) is 9.90. The van der Waals surface area contributed by atoms with Gasteiger partial charge in [-0.15, -0.1) is 11.3 Å². The van der Waals surface area contributed by atoms with Crippen LogP contribution in [0.2, 0.25) is 10.0 Å². The Morgan fingerprint density at radius 1 is 1.19 bits per heavy atom. The number of hydrogen-bond donors (Lipinski definition) is 3. The molecule has 3 aromatic rings. The molecular formula is C27H30Cl2N2O5S. The van der Waals surface area contributed by atoms with Gasteiger partial charge in [-0.2, -0.15) is 0 Å². The molecule has 0 amide bonds. The van der Waals surface area contributed by atoms with Crippen LogP contribution in [0.3, 0.4) is 0 Å². The molecule has 2 aromatic heterocycles. The molecular weight excluding hydrogens is 535 g/mol. The summed E-state index contributed by atoms with van der Waals surface area (Å²) in [7, 11) is 0. The molecule has 3 saturated carbocycles. The number of ether oxygens (including phenoxy) is 1. The molecule has 2 heterocycles. The van der Waals surface area contributed by atoms with Gasteiger partial charge in [-0.05, 0) is 62.0 Å². The van der Waals surface area contributed by atoms with Gasteiger partial charge < -0.3 is 24.6 Å². The summed E-state index contributed by atoms with van der Waals surface area (Å²) in [5, 5.41) is 38.5. The van der Waals surface area contributed by atoms with Crippen molar-refractivity contribution < 1.29 is 24.6 Å². The van der Waals surface area contributed by atoms with E-state index >= 15 is 0 Å². The maximum Gasteiger partial charge on any atom is 0.157 e. The Labute approximate surface area is 229 Å². The van der Waals surface area contributed by atoms with E-state index in [9.17, 15) is 15.3 Å². The summed E-state index contributed by atoms with van der Waals surface area (Å²) in [5.74, 6) is 1.57. The van der Waals surface area contributed by atoms with Gasteiger partial charge in [-0.3, -0.25) is 0 Å². The van der Waals surface area contributed by atoms with Crippen LogP contribution in [0.4, 0.5) is 0 Å². The lowest BCUT2D eigenvalue weighted by molar-refractivity contribution is -0.120. The van der Waals surface area contributed by atoms with Crippen LogP contribution < -0.4 is 0 Å². The number of aliphatic hydroxyl groups excluding tert-OH is 1. The first kappa shape index (κ1) is 25.7. The molecule has 6 rings (SSSR count). The fourth-order valence-corrected chi connectivity index (χ4v) is 8.05. The molecule has 3 aliphatic rings. The Hall–Kier alpha value is -1.52. The summed E-state index contributed by atoms with van der Waals surface area (Å²) in [4.78, 5) is 4.59. The zero-order chi connectivity index (χ0) is 25.9. The largest absolute Gasteiger partial charge is 0.382 e. The van der Waals surface area contributed by atoms with Gasteiger partial charge in [-0.25, -0.2) is 4.98 Å². The smallest absolute Gasteiger partial charge is 0.157 e. The standard InChI is InChI=1S/C27H30Cl2N2O5S/c1-13-7-15-8-17(10-19(13)27(15,34)26-30-16(12-37-26)9-22(32)33)35-11-18-24(31-36-25(18)14-5-6-14)23-20(28)3-2-4-21(23)29/h2-4,12-15,17,19,22,32-34H,5-11H2,1H3/t13-,15+,17+,19+,27-/m0/s1. The molecule has 3 N–H and O–H groups in total. The fourth-order valence-electron chi connectivity index (χ4n) is 6.40. The average Bonchev–Trinajstić information content (AvgIpc) is 3.42. The fraction of sp³-hybridized carbons (Fsp3) is 0.556. The summed E-state index contributed by atoms with van der Waals surface area (Å²) in [6.45, 7) is 2.53. The van der Waals surface area contributed by atoms with Gasteiger partial charge >= 0.3 is 0 Å². The van der Waals surface area contributed by atoms with Crippen LogP contribution in [0.15, 0.2) is 28.1 Å². The van der Waals surface area contributed by atoms with Gasteiger partial charge in [0.15, 0.2) is 6.29 Å². The number of thiazole rings is 1. The van der Waals surface area contributed by atoms with Crippen molar-refractivity contribution in [2.24, 2.45) is 17.8 Å². The van der Waals surface area contributed by atoms with Gasteiger partial charge in [0.2, 0.25) is 0 Å². The van der Waals surface area contributed by atoms with Crippen LogP contribution in [0.5, 0.6) is 0 Å². The third kappa shape index (κ3) is 4.65. The first-order valence-electron chi connectivity index (χ1n) is 12.8. The molecule has 1 aromatic carbocycles. The Balaban J connectivity index is 1.22. The summed E-state index contributed by atoms with van der Waals surface area (Å²) >= 11 is 14.4. The highest BCUT2D eigenvalue weighted by atomic mass is 35.5. The Kier molecular flexibility index (Phi) is 6.89. The van der Waals surface area contributed by atoms with Crippen molar-refractivity contribution in [2.45, 2.75) is 76.0 Å². The quantitative estimate of drug-likeness (QED) is 0.302. The molecule has 0 radical (unpaired) electrons. The Bertz CT molecular complexity index is 1270. The second-order valence-electron chi connectivity index (χ2n) is 10.8. The van der Waals surface area contributed by atoms with Crippen LogP contribution in [0, 0.1) is 17.8 Å². The Morgan fingerprint density at radius 3 is 2.62 bits per heavy atom. The predicted molar refractivity (Wildman–Crippen MR) is 140 cm³/mol. The number of halogens is 2. The molecule has 0 aliphatic heterocycles. The maximum absolute atomic E-state index is 11.9. The lowest BCUT2D eigenvalue weighted by Crippen LogP contribution is -2.45. The summed E-state index contributed by atoms with van der Waals surface area (Å²) < 4.78 is 12.3. The minimum atomic E-state index is -1.45. The van der Waals surface area contributed by atoms with Gasteiger partial charge in [0.25, 0.3) is 0 Å². The minimum Gasteiger partial charge on any atom is -0.382 e. The molecule has 10 heteroatoms. The van der Waals surface area contributed by atoms with Gasteiger partial charge in [0.05, 0.1) is 28.5 Å². The van der Waals surface area contributed by atoms with Crippen molar-refractivity contribution in [3.05, 3.63) is 55.6 Å². The van der Waals surface area contributed by atoms with E-state index in [2.05, 4.69) is 17.1 Å². The van der Waals surface area contributed by atoms with Gasteiger partial charge in [0.1, 0.15) is 22.1 Å². The summed E-state index contributed by atoms with van der Waals surface area (Å²) in [6, 6.07) is 5.40. The van der Waals surface area contributed by atoms with E-state index < -0.39 is 11.9 Å². The highest BCUT2D eigenvalue weighted by Crippen LogP contribution is 2.58. The second-order valence-corrected chi connectivity index (χ2v) is 12.5. The van der Waals surface area contributed by atoms with E-state index in [0.717, 1.165) is 43.4 Å². The van der Waals surface area contributed by atoms with Crippen LogP contribution in [-0.4, -0.2) is 37.9 Å². The number of aromatic nitrogens is 2. The van der Waals surface area contributed by atoms with E-state index in [-0.39, 0.29) is 24.4 Å². The third-order valence-electron chi connectivity index (χ3n) is 8.31. The van der Waals surface area contributed by atoms with Crippen molar-refractivity contribution in [1.82, 2.24) is 10.1 Å². The van der Waals surface area contributed by atoms with Crippen molar-refractivity contribution in [1.29, 1.82) is 0 Å². The molecule has 0 spiro atoms. The molecule has 0 unspecified atom stereocenters. The molecule has 3 fully saturated rings. The van der Waals surface area contributed by atoms with E-state index in [1.54, 1.807) is 12.1 Å². The summed E-state index contributed by atoms with van der Waals surface area (Å²) in [6.07, 6.45) is 3.07. The molecule has 0 saturated heterocycles. The van der Waals surface area contributed by atoms with Crippen molar-refractivity contribution in [2.75, 3.05) is 0 Å². The molecule has 37 heavy (non-hydrogen) atoms. The molecule has 7 nitrogen and oxygen atoms in total.